The number of nitrogens with one attached hydrogen (secondary N) is 1. The Morgan fingerprint density at radius 2 is 1.81 bits per heavy atom. The van der Waals surface area contributed by atoms with Crippen molar-refractivity contribution in [2.75, 3.05) is 7.05 Å². The molecule has 1 saturated heterocycles. The molecule has 154 valence electrons. The minimum Gasteiger partial charge on any atom is -0.391 e. The molecule has 26 heavy (non-hydrogen) atoms. The third-order valence-electron chi connectivity index (χ3n) is 6.03. The molecule has 1 aliphatic heterocycles. The fraction of sp³-hybridized carbons (Fsp3) is 1.00. The van der Waals surface area contributed by atoms with Gasteiger partial charge in [0.2, 0.25) is 0 Å². The summed E-state index contributed by atoms with van der Waals surface area (Å²) in [6.07, 6.45) is -0.904. The number of ether oxygens (including phenoxy) is 2. The van der Waals surface area contributed by atoms with Crippen LogP contribution in [-0.2, 0) is 9.47 Å². The van der Waals surface area contributed by atoms with Gasteiger partial charge in [-0.25, -0.2) is 0 Å². The highest BCUT2D eigenvalue weighted by atomic mass is 16.7. The fourth-order valence-electron chi connectivity index (χ4n) is 4.03. The molecule has 8 heteroatoms. The summed E-state index contributed by atoms with van der Waals surface area (Å²) in [5, 5.41) is 23.7. The van der Waals surface area contributed by atoms with E-state index in [1.165, 1.54) is 0 Å². The van der Waals surface area contributed by atoms with Gasteiger partial charge in [0, 0.05) is 12.1 Å². The Morgan fingerprint density at radius 3 is 2.38 bits per heavy atom. The van der Waals surface area contributed by atoms with Crippen molar-refractivity contribution in [1.29, 1.82) is 0 Å². The first kappa shape index (κ1) is 22.0. The number of hydrogen-bond acceptors (Lipinski definition) is 8. The van der Waals surface area contributed by atoms with Gasteiger partial charge in [0.1, 0.15) is 0 Å². The Morgan fingerprint density at radius 1 is 1.15 bits per heavy atom. The molecule has 2 fully saturated rings. The van der Waals surface area contributed by atoms with Gasteiger partial charge in [0.15, 0.2) is 6.29 Å². The fourth-order valence-corrected chi connectivity index (χ4v) is 4.03. The number of rotatable bonds is 7. The normalized spacial score (nSPS) is 41.5. The molecule has 10 unspecified atom stereocenters. The molecule has 2 aliphatic rings. The molecular formula is C18H38N4O4. The highest BCUT2D eigenvalue weighted by molar-refractivity contribution is 5.00. The molecule has 1 heterocycles. The van der Waals surface area contributed by atoms with Crippen molar-refractivity contribution >= 4 is 0 Å². The second-order valence-corrected chi connectivity index (χ2v) is 8.39. The minimum atomic E-state index is -0.814. The first-order valence-corrected chi connectivity index (χ1v) is 9.76. The summed E-state index contributed by atoms with van der Waals surface area (Å²) in [6.45, 7) is 6.04. The van der Waals surface area contributed by atoms with Gasteiger partial charge >= 0.3 is 0 Å². The summed E-state index contributed by atoms with van der Waals surface area (Å²) in [7, 11) is 1.72. The Bertz CT molecular complexity index is 439. The predicted molar refractivity (Wildman–Crippen MR) is 100 cm³/mol. The van der Waals surface area contributed by atoms with Crippen molar-refractivity contribution in [3.63, 3.8) is 0 Å². The van der Waals surface area contributed by atoms with Crippen molar-refractivity contribution in [2.45, 2.75) is 94.9 Å². The lowest BCUT2D eigenvalue weighted by Crippen LogP contribution is -2.64. The van der Waals surface area contributed by atoms with E-state index in [-0.39, 0.29) is 30.1 Å². The van der Waals surface area contributed by atoms with E-state index < -0.39 is 30.6 Å². The third kappa shape index (κ3) is 4.94. The van der Waals surface area contributed by atoms with Crippen LogP contribution in [0.3, 0.4) is 0 Å². The standard InChI is InChI=1S/C18H38N4O4/c1-8(2)11(19)7-12(20)9(3)25-18-13(21)5-10-6-14(23)15(22-4)16(24)17(10)26-18/h8-18,22-24H,5-7,19-21H2,1-4H3. The van der Waals surface area contributed by atoms with E-state index in [9.17, 15) is 10.2 Å². The molecule has 0 bridgehead atoms. The van der Waals surface area contributed by atoms with Gasteiger partial charge in [-0.2, -0.15) is 0 Å². The number of aliphatic hydroxyl groups excluding tert-OH is 2. The summed E-state index contributed by atoms with van der Waals surface area (Å²) < 4.78 is 12.1. The zero-order chi connectivity index (χ0) is 19.6. The molecule has 0 radical (unpaired) electrons. The highest BCUT2D eigenvalue weighted by Crippen LogP contribution is 2.36. The van der Waals surface area contributed by atoms with Gasteiger partial charge in [0.05, 0.1) is 36.5 Å². The Hall–Kier alpha value is -0.320. The molecule has 10 atom stereocenters. The lowest BCUT2D eigenvalue weighted by Gasteiger charge is -2.49. The second kappa shape index (κ2) is 9.25. The quantitative estimate of drug-likeness (QED) is 0.328. The maximum atomic E-state index is 10.6. The van der Waals surface area contributed by atoms with Crippen molar-refractivity contribution in [1.82, 2.24) is 5.32 Å². The van der Waals surface area contributed by atoms with E-state index in [1.54, 1.807) is 7.05 Å². The molecule has 0 aromatic heterocycles. The molecule has 1 saturated carbocycles. The number of nitrogens with two attached hydrogens (primary N) is 3. The minimum absolute atomic E-state index is 0.0118. The number of likely N-dealkylation sites (N-methyl/N-ethyl adjacent to an activating group) is 1. The van der Waals surface area contributed by atoms with Crippen molar-refractivity contribution < 1.29 is 19.7 Å². The van der Waals surface area contributed by atoms with E-state index in [0.29, 0.717) is 25.2 Å². The van der Waals surface area contributed by atoms with E-state index >= 15 is 0 Å². The predicted octanol–water partition coefficient (Wildman–Crippen LogP) is -1.14. The molecule has 8 nitrogen and oxygen atoms in total. The zero-order valence-electron chi connectivity index (χ0n) is 16.4. The van der Waals surface area contributed by atoms with Crippen LogP contribution in [0.5, 0.6) is 0 Å². The van der Waals surface area contributed by atoms with Crippen LogP contribution in [0.1, 0.15) is 40.0 Å². The Labute approximate surface area is 156 Å². The second-order valence-electron chi connectivity index (χ2n) is 8.39. The maximum absolute atomic E-state index is 10.6. The third-order valence-corrected chi connectivity index (χ3v) is 6.03. The van der Waals surface area contributed by atoms with Crippen molar-refractivity contribution in [3.8, 4) is 0 Å². The molecule has 2 rings (SSSR count). The van der Waals surface area contributed by atoms with Gasteiger partial charge in [-0.1, -0.05) is 13.8 Å². The van der Waals surface area contributed by atoms with E-state index in [1.807, 2.05) is 6.92 Å². The number of aliphatic hydroxyl groups is 2. The van der Waals surface area contributed by atoms with Gasteiger partial charge < -0.3 is 42.2 Å². The maximum Gasteiger partial charge on any atom is 0.173 e. The zero-order valence-corrected chi connectivity index (χ0v) is 16.4. The topological polar surface area (TPSA) is 149 Å². The summed E-state index contributed by atoms with van der Waals surface area (Å²) in [5.74, 6) is 0.363. The van der Waals surface area contributed by atoms with E-state index in [4.69, 9.17) is 26.7 Å². The van der Waals surface area contributed by atoms with Crippen molar-refractivity contribution in [2.24, 2.45) is 29.0 Å². The molecule has 0 aromatic rings. The lowest BCUT2D eigenvalue weighted by atomic mass is 9.75. The summed E-state index contributed by atoms with van der Waals surface area (Å²) >= 11 is 0. The molecule has 0 aromatic carbocycles. The monoisotopic (exact) mass is 374 g/mol. The van der Waals surface area contributed by atoms with Crippen LogP contribution in [0.15, 0.2) is 0 Å². The van der Waals surface area contributed by atoms with E-state index in [0.717, 1.165) is 0 Å². The van der Waals surface area contributed by atoms with Crippen LogP contribution in [0.2, 0.25) is 0 Å². The summed E-state index contributed by atoms with van der Waals surface area (Å²) in [6, 6.07) is -0.950. The summed E-state index contributed by atoms with van der Waals surface area (Å²) in [5.41, 5.74) is 18.6. The molecule has 0 amide bonds. The van der Waals surface area contributed by atoms with Gasteiger partial charge in [0.25, 0.3) is 0 Å². The smallest absolute Gasteiger partial charge is 0.173 e. The van der Waals surface area contributed by atoms with Crippen LogP contribution >= 0.6 is 0 Å². The van der Waals surface area contributed by atoms with E-state index in [2.05, 4.69) is 19.2 Å². The average Bonchev–Trinajstić information content (AvgIpc) is 2.56. The first-order chi connectivity index (χ1) is 12.1. The van der Waals surface area contributed by atoms with Crippen LogP contribution in [0.4, 0.5) is 0 Å². The average molecular weight is 375 g/mol. The van der Waals surface area contributed by atoms with Crippen LogP contribution < -0.4 is 22.5 Å². The first-order valence-electron chi connectivity index (χ1n) is 9.76. The lowest BCUT2D eigenvalue weighted by molar-refractivity contribution is -0.270. The van der Waals surface area contributed by atoms with Crippen molar-refractivity contribution in [3.05, 3.63) is 0 Å². The largest absolute Gasteiger partial charge is 0.391 e. The Balaban J connectivity index is 1.96. The molecule has 1 aliphatic carbocycles. The summed E-state index contributed by atoms with van der Waals surface area (Å²) in [4.78, 5) is 0. The van der Waals surface area contributed by atoms with Gasteiger partial charge in [-0.05, 0) is 45.1 Å². The molecular weight excluding hydrogens is 336 g/mol. The van der Waals surface area contributed by atoms with Gasteiger partial charge in [-0.3, -0.25) is 0 Å². The number of fused-ring (bicyclic) bond motifs is 1. The van der Waals surface area contributed by atoms with Crippen LogP contribution in [0.25, 0.3) is 0 Å². The molecule has 9 N–H and O–H groups in total. The Kier molecular flexibility index (Phi) is 7.82. The number of hydrogen-bond donors (Lipinski definition) is 6. The van der Waals surface area contributed by atoms with Crippen LogP contribution in [-0.4, -0.2) is 72.1 Å². The van der Waals surface area contributed by atoms with Crippen LogP contribution in [0, 0.1) is 11.8 Å². The SMILES string of the molecule is CNC1C(O)CC2CC(N)C(OC(C)C(N)CC(N)C(C)C)OC2C1O. The van der Waals surface area contributed by atoms with Gasteiger partial charge in [-0.15, -0.1) is 0 Å². The molecule has 0 spiro atoms. The highest BCUT2D eigenvalue weighted by Gasteiger charge is 2.49.